The number of ether oxygens (including phenoxy) is 1. The van der Waals surface area contributed by atoms with Crippen LogP contribution in [0, 0.1) is 5.92 Å². The first kappa shape index (κ1) is 15.5. The Morgan fingerprint density at radius 3 is 2.39 bits per heavy atom. The third-order valence-electron chi connectivity index (χ3n) is 3.59. The van der Waals surface area contributed by atoms with E-state index in [0.717, 1.165) is 12.3 Å². The van der Waals surface area contributed by atoms with Crippen molar-refractivity contribution in [3.05, 3.63) is 0 Å². The van der Waals surface area contributed by atoms with Crippen molar-refractivity contribution < 1.29 is 9.53 Å². The summed E-state index contributed by atoms with van der Waals surface area (Å²) in [6.45, 7) is 8.25. The van der Waals surface area contributed by atoms with E-state index in [9.17, 15) is 4.79 Å². The predicted molar refractivity (Wildman–Crippen MR) is 74.5 cm³/mol. The lowest BCUT2D eigenvalue weighted by Gasteiger charge is -2.30. The minimum Gasteiger partial charge on any atom is -0.459 e. The van der Waals surface area contributed by atoms with E-state index >= 15 is 0 Å². The van der Waals surface area contributed by atoms with Gasteiger partial charge in [0, 0.05) is 6.04 Å². The van der Waals surface area contributed by atoms with Crippen LogP contribution in [0.5, 0.6) is 0 Å². The maximum Gasteiger partial charge on any atom is 0.320 e. The highest BCUT2D eigenvalue weighted by atomic mass is 16.6. The molecule has 0 spiro atoms. The molecule has 0 amide bonds. The Balaban J connectivity index is 2.32. The molecule has 0 saturated heterocycles. The Morgan fingerprint density at radius 1 is 1.28 bits per heavy atom. The maximum absolute atomic E-state index is 11.7. The molecule has 0 aromatic heterocycles. The van der Waals surface area contributed by atoms with Gasteiger partial charge in [-0.15, -0.1) is 0 Å². The minimum absolute atomic E-state index is 0.142. The molecule has 1 rings (SSSR count). The number of nitrogens with one attached hydrogen (secondary N) is 1. The molecule has 1 atom stereocenters. The summed E-state index contributed by atoms with van der Waals surface area (Å²) in [7, 11) is 0. The number of hydrogen-bond donors (Lipinski definition) is 1. The Labute approximate surface area is 112 Å². The number of esters is 1. The van der Waals surface area contributed by atoms with E-state index in [1.807, 2.05) is 20.8 Å². The second kappa shape index (κ2) is 7.13. The van der Waals surface area contributed by atoms with Gasteiger partial charge in [-0.05, 0) is 46.0 Å². The Bertz CT molecular complexity index is 252. The van der Waals surface area contributed by atoms with Crippen molar-refractivity contribution >= 4 is 5.97 Å². The summed E-state index contributed by atoms with van der Waals surface area (Å²) in [6.07, 6.45) is 7.76. The predicted octanol–water partition coefficient (Wildman–Crippen LogP) is 3.28. The minimum atomic E-state index is -0.384. The molecule has 1 aliphatic carbocycles. The van der Waals surface area contributed by atoms with Gasteiger partial charge >= 0.3 is 5.97 Å². The van der Waals surface area contributed by atoms with E-state index < -0.39 is 0 Å². The lowest BCUT2D eigenvalue weighted by atomic mass is 9.83. The fourth-order valence-electron chi connectivity index (χ4n) is 2.77. The molecule has 1 fully saturated rings. The number of rotatable bonds is 5. The summed E-state index contributed by atoms with van der Waals surface area (Å²) in [5, 5.41) is 3.39. The third kappa shape index (κ3) is 5.85. The fraction of sp³-hybridized carbons (Fsp3) is 0.933. The van der Waals surface area contributed by atoms with Gasteiger partial charge in [-0.3, -0.25) is 4.79 Å². The lowest BCUT2D eigenvalue weighted by molar-refractivity contribution is -0.153. The molecule has 1 aliphatic rings. The second-order valence-electron chi connectivity index (χ2n) is 6.38. The summed E-state index contributed by atoms with van der Waals surface area (Å²) in [4.78, 5) is 11.7. The van der Waals surface area contributed by atoms with Crippen LogP contribution in [-0.2, 0) is 9.53 Å². The van der Waals surface area contributed by atoms with E-state index in [2.05, 4.69) is 12.2 Å². The summed E-state index contributed by atoms with van der Waals surface area (Å²) in [5.41, 5.74) is -0.384. The van der Waals surface area contributed by atoms with Crippen LogP contribution in [0.3, 0.4) is 0 Å². The van der Waals surface area contributed by atoms with Crippen LogP contribution in [0.1, 0.15) is 66.2 Å². The van der Waals surface area contributed by atoms with E-state index in [-0.39, 0.29) is 11.6 Å². The van der Waals surface area contributed by atoms with Gasteiger partial charge in [0.25, 0.3) is 0 Å². The van der Waals surface area contributed by atoms with Gasteiger partial charge in [-0.25, -0.2) is 0 Å². The molecule has 3 nitrogen and oxygen atoms in total. The lowest BCUT2D eigenvalue weighted by Crippen LogP contribution is -2.41. The van der Waals surface area contributed by atoms with Crippen molar-refractivity contribution in [1.29, 1.82) is 0 Å². The largest absolute Gasteiger partial charge is 0.459 e. The second-order valence-corrected chi connectivity index (χ2v) is 6.38. The molecule has 0 aromatic carbocycles. The Hall–Kier alpha value is -0.570. The molecule has 0 radical (unpaired) electrons. The van der Waals surface area contributed by atoms with Gasteiger partial charge in [-0.1, -0.05) is 26.2 Å². The van der Waals surface area contributed by atoms with Gasteiger partial charge in [0.2, 0.25) is 0 Å². The first-order chi connectivity index (χ1) is 8.42. The fourth-order valence-corrected chi connectivity index (χ4v) is 2.77. The smallest absolute Gasteiger partial charge is 0.320 e. The first-order valence-electron chi connectivity index (χ1n) is 7.37. The van der Waals surface area contributed by atoms with Gasteiger partial charge in [0.15, 0.2) is 0 Å². The van der Waals surface area contributed by atoms with Gasteiger partial charge in [0.1, 0.15) is 5.60 Å². The monoisotopic (exact) mass is 255 g/mol. The van der Waals surface area contributed by atoms with Crippen LogP contribution >= 0.6 is 0 Å². The van der Waals surface area contributed by atoms with Crippen molar-refractivity contribution in [1.82, 2.24) is 5.32 Å². The summed E-state index contributed by atoms with van der Waals surface area (Å²) in [5.74, 6) is 0.600. The zero-order chi connectivity index (χ0) is 13.6. The summed E-state index contributed by atoms with van der Waals surface area (Å²) < 4.78 is 5.32. The van der Waals surface area contributed by atoms with E-state index in [4.69, 9.17) is 4.74 Å². The van der Waals surface area contributed by atoms with Crippen molar-refractivity contribution in [3.63, 3.8) is 0 Å². The maximum atomic E-state index is 11.7. The average molecular weight is 255 g/mol. The molecule has 1 saturated carbocycles. The quantitative estimate of drug-likeness (QED) is 0.766. The molecule has 0 aromatic rings. The molecule has 18 heavy (non-hydrogen) atoms. The van der Waals surface area contributed by atoms with Crippen molar-refractivity contribution in [2.45, 2.75) is 77.9 Å². The van der Waals surface area contributed by atoms with Gasteiger partial charge in [0.05, 0.1) is 6.54 Å². The summed E-state index contributed by atoms with van der Waals surface area (Å²) in [6, 6.07) is 0.470. The van der Waals surface area contributed by atoms with E-state index in [0.29, 0.717) is 12.6 Å². The van der Waals surface area contributed by atoms with E-state index in [1.54, 1.807) is 0 Å². The Morgan fingerprint density at radius 2 is 1.89 bits per heavy atom. The molecule has 0 aliphatic heterocycles. The molecular weight excluding hydrogens is 226 g/mol. The molecular formula is C15H29NO2. The SMILES string of the molecule is CCC(NCC(=O)OC(C)(C)C)C1CCCCC1. The topological polar surface area (TPSA) is 38.3 Å². The molecule has 0 heterocycles. The van der Waals surface area contributed by atoms with Crippen LogP contribution < -0.4 is 5.32 Å². The zero-order valence-electron chi connectivity index (χ0n) is 12.4. The highest BCUT2D eigenvalue weighted by Crippen LogP contribution is 2.27. The number of hydrogen-bond acceptors (Lipinski definition) is 3. The van der Waals surface area contributed by atoms with E-state index in [1.165, 1.54) is 32.1 Å². The standard InChI is InChI=1S/C15H29NO2/c1-5-13(12-9-7-6-8-10-12)16-11-14(17)18-15(2,3)4/h12-13,16H,5-11H2,1-4H3. The van der Waals surface area contributed by atoms with Crippen molar-refractivity contribution in [2.24, 2.45) is 5.92 Å². The van der Waals surface area contributed by atoms with Crippen molar-refractivity contribution in [2.75, 3.05) is 6.54 Å². The molecule has 0 bridgehead atoms. The number of carbonyl (C=O) groups excluding carboxylic acids is 1. The molecule has 3 heteroatoms. The number of carbonyl (C=O) groups is 1. The van der Waals surface area contributed by atoms with Gasteiger partial charge in [-0.2, -0.15) is 0 Å². The third-order valence-corrected chi connectivity index (χ3v) is 3.59. The summed E-state index contributed by atoms with van der Waals surface area (Å²) >= 11 is 0. The highest BCUT2D eigenvalue weighted by Gasteiger charge is 2.23. The molecule has 1 N–H and O–H groups in total. The van der Waals surface area contributed by atoms with Crippen LogP contribution in [0.2, 0.25) is 0 Å². The van der Waals surface area contributed by atoms with Crippen LogP contribution in [0.25, 0.3) is 0 Å². The highest BCUT2D eigenvalue weighted by molar-refractivity contribution is 5.72. The van der Waals surface area contributed by atoms with Crippen LogP contribution in [0.15, 0.2) is 0 Å². The van der Waals surface area contributed by atoms with Crippen molar-refractivity contribution in [3.8, 4) is 0 Å². The van der Waals surface area contributed by atoms with Crippen LogP contribution in [-0.4, -0.2) is 24.2 Å². The molecule has 106 valence electrons. The normalized spacial score (nSPS) is 19.6. The molecule has 1 unspecified atom stereocenters. The zero-order valence-corrected chi connectivity index (χ0v) is 12.4. The first-order valence-corrected chi connectivity index (χ1v) is 7.37. The van der Waals surface area contributed by atoms with Gasteiger partial charge < -0.3 is 10.1 Å². The van der Waals surface area contributed by atoms with Crippen LogP contribution in [0.4, 0.5) is 0 Å². The average Bonchev–Trinajstić information content (AvgIpc) is 2.29. The Kier molecular flexibility index (Phi) is 6.13.